The van der Waals surface area contributed by atoms with E-state index in [-0.39, 0.29) is 29.3 Å². The van der Waals surface area contributed by atoms with Crippen LogP contribution in [0.15, 0.2) is 33.9 Å². The Morgan fingerprint density at radius 2 is 1.82 bits per heavy atom. The number of aryl methyl sites for hydroxylation is 1. The maximum absolute atomic E-state index is 12.8. The molecule has 3 aromatic rings. The summed E-state index contributed by atoms with van der Waals surface area (Å²) in [5.41, 5.74) is -0.162. The maximum atomic E-state index is 12.8. The third kappa shape index (κ3) is 3.84. The molecular weight excluding hydrogens is 391 g/mol. The number of H-pyrrole nitrogens is 1. The van der Waals surface area contributed by atoms with Gasteiger partial charge in [-0.2, -0.15) is 8.42 Å². The van der Waals surface area contributed by atoms with Gasteiger partial charge in [0.25, 0.3) is 5.56 Å². The molecule has 0 aliphatic rings. The Balaban J connectivity index is 2.21. The fourth-order valence-electron chi connectivity index (χ4n) is 2.96. The molecule has 0 saturated carbocycles. The molecule has 1 aromatic carbocycles. The van der Waals surface area contributed by atoms with Gasteiger partial charge in [-0.15, -0.1) is 0 Å². The number of benzene rings is 1. The molecule has 0 aliphatic heterocycles. The van der Waals surface area contributed by atoms with E-state index in [0.717, 1.165) is 4.57 Å². The van der Waals surface area contributed by atoms with Crippen LogP contribution in [0.2, 0.25) is 0 Å². The van der Waals surface area contributed by atoms with Gasteiger partial charge in [-0.1, -0.05) is 29.9 Å². The Labute approximate surface area is 159 Å². The molecule has 9 nitrogen and oxygen atoms in total. The number of rotatable bonds is 7. The molecule has 0 radical (unpaired) electrons. The summed E-state index contributed by atoms with van der Waals surface area (Å²) in [5, 5.41) is 0. The second-order valence-corrected chi connectivity index (χ2v) is 7.13. The molecule has 0 amide bonds. The first-order valence-electron chi connectivity index (χ1n) is 8.73. The van der Waals surface area contributed by atoms with Gasteiger partial charge in [0.15, 0.2) is 5.65 Å². The number of nitrogens with one attached hydrogen (secondary N) is 1. The molecule has 2 aromatic heterocycles. The first kappa shape index (κ1) is 19.8. The van der Waals surface area contributed by atoms with Crippen molar-refractivity contribution < 1.29 is 16.5 Å². The van der Waals surface area contributed by atoms with Gasteiger partial charge >= 0.3 is 16.2 Å². The Morgan fingerprint density at radius 1 is 1.14 bits per heavy atom. The highest BCUT2D eigenvalue weighted by atomic mass is 32.3. The summed E-state index contributed by atoms with van der Waals surface area (Å²) < 4.78 is 41.0. The molecule has 0 bridgehead atoms. The molecule has 0 saturated heterocycles. The largest absolute Gasteiger partial charge is 0.488 e. The van der Waals surface area contributed by atoms with Crippen molar-refractivity contribution in [2.24, 2.45) is 0 Å². The minimum Gasteiger partial charge on any atom is -0.358 e. The summed E-state index contributed by atoms with van der Waals surface area (Å²) >= 11 is 0. The minimum atomic E-state index is -5.17. The van der Waals surface area contributed by atoms with Crippen molar-refractivity contribution >= 4 is 21.7 Å². The van der Waals surface area contributed by atoms with Crippen molar-refractivity contribution in [3.05, 3.63) is 45.1 Å². The van der Waals surface area contributed by atoms with Crippen LogP contribution in [-0.2, 0) is 23.6 Å². The lowest BCUT2D eigenvalue weighted by atomic mass is 10.2. The lowest BCUT2D eigenvalue weighted by Crippen LogP contribution is -2.40. The SMILES string of the molecule is CCCn1c(=O)c2[nH]c(-c3cccc(OS(=O)(=O)F)c3)nc2n(CCC)c1=O. The van der Waals surface area contributed by atoms with Crippen molar-refractivity contribution in [2.75, 3.05) is 0 Å². The van der Waals surface area contributed by atoms with Gasteiger partial charge in [0.05, 0.1) is 0 Å². The summed E-state index contributed by atoms with van der Waals surface area (Å²) in [6.07, 6.45) is 1.28. The summed E-state index contributed by atoms with van der Waals surface area (Å²) in [7, 11) is -5.17. The lowest BCUT2D eigenvalue weighted by molar-refractivity contribution is 0.440. The van der Waals surface area contributed by atoms with Gasteiger partial charge in [0.2, 0.25) is 0 Å². The Hall–Kier alpha value is -2.95. The van der Waals surface area contributed by atoms with Crippen molar-refractivity contribution in [3.63, 3.8) is 0 Å². The number of aromatic nitrogens is 4. The van der Waals surface area contributed by atoms with Crippen LogP contribution in [0, 0.1) is 0 Å². The van der Waals surface area contributed by atoms with Crippen LogP contribution >= 0.6 is 0 Å². The van der Waals surface area contributed by atoms with Crippen LogP contribution in [0.25, 0.3) is 22.6 Å². The van der Waals surface area contributed by atoms with E-state index in [1.807, 2.05) is 13.8 Å². The van der Waals surface area contributed by atoms with Crippen molar-refractivity contribution in [1.29, 1.82) is 0 Å². The zero-order valence-electron chi connectivity index (χ0n) is 15.3. The number of aromatic amines is 1. The molecule has 1 N–H and O–H groups in total. The topological polar surface area (TPSA) is 116 Å². The third-order valence-electron chi connectivity index (χ3n) is 4.06. The second kappa shape index (κ2) is 7.58. The molecule has 0 aliphatic carbocycles. The Kier molecular flexibility index (Phi) is 5.36. The van der Waals surface area contributed by atoms with Gasteiger partial charge in [-0.05, 0) is 25.0 Å². The molecule has 28 heavy (non-hydrogen) atoms. The number of halogens is 1. The van der Waals surface area contributed by atoms with Crippen LogP contribution in [0.1, 0.15) is 26.7 Å². The van der Waals surface area contributed by atoms with Crippen LogP contribution in [-0.4, -0.2) is 27.5 Å². The van der Waals surface area contributed by atoms with Crippen LogP contribution in [0.3, 0.4) is 0 Å². The van der Waals surface area contributed by atoms with Crippen LogP contribution in [0.4, 0.5) is 3.89 Å². The van der Waals surface area contributed by atoms with E-state index in [1.165, 1.54) is 22.8 Å². The van der Waals surface area contributed by atoms with Gasteiger partial charge in [0.1, 0.15) is 17.1 Å². The van der Waals surface area contributed by atoms with E-state index in [2.05, 4.69) is 14.2 Å². The van der Waals surface area contributed by atoms with E-state index < -0.39 is 21.8 Å². The molecule has 150 valence electrons. The average Bonchev–Trinajstić information content (AvgIpc) is 3.06. The average molecular weight is 410 g/mol. The van der Waals surface area contributed by atoms with E-state index in [1.54, 1.807) is 6.07 Å². The molecule has 0 unspecified atom stereocenters. The molecule has 2 heterocycles. The summed E-state index contributed by atoms with van der Waals surface area (Å²) in [4.78, 5) is 32.7. The van der Waals surface area contributed by atoms with Crippen molar-refractivity contribution in [2.45, 2.75) is 39.8 Å². The predicted octanol–water partition coefficient (Wildman–Crippen LogP) is 1.97. The van der Waals surface area contributed by atoms with E-state index >= 15 is 0 Å². The fraction of sp³-hybridized carbons (Fsp3) is 0.353. The summed E-state index contributed by atoms with van der Waals surface area (Å²) in [5.74, 6) is -0.0119. The Bertz CT molecular complexity index is 1240. The molecule has 0 atom stereocenters. The number of hydrogen-bond acceptors (Lipinski definition) is 6. The zero-order valence-corrected chi connectivity index (χ0v) is 16.1. The smallest absolute Gasteiger partial charge is 0.358 e. The maximum Gasteiger partial charge on any atom is 0.488 e. The molecular formula is C17H19FN4O5S. The van der Waals surface area contributed by atoms with E-state index in [4.69, 9.17) is 0 Å². The normalized spacial score (nSPS) is 11.8. The zero-order chi connectivity index (χ0) is 20.5. The first-order chi connectivity index (χ1) is 13.2. The molecule has 11 heteroatoms. The molecule has 0 fully saturated rings. The minimum absolute atomic E-state index is 0.168. The number of fused-ring (bicyclic) bond motifs is 1. The summed E-state index contributed by atoms with van der Waals surface area (Å²) in [6, 6.07) is 5.58. The van der Waals surface area contributed by atoms with Crippen LogP contribution < -0.4 is 15.4 Å². The lowest BCUT2D eigenvalue weighted by Gasteiger charge is -2.09. The molecule has 0 spiro atoms. The highest BCUT2D eigenvalue weighted by Crippen LogP contribution is 2.24. The number of nitrogens with zero attached hydrogens (tertiary/aromatic N) is 3. The quantitative estimate of drug-likeness (QED) is 0.595. The third-order valence-corrected chi connectivity index (χ3v) is 4.45. The van der Waals surface area contributed by atoms with Gasteiger partial charge in [-0.25, -0.2) is 9.78 Å². The monoisotopic (exact) mass is 410 g/mol. The van der Waals surface area contributed by atoms with Gasteiger partial charge < -0.3 is 9.17 Å². The van der Waals surface area contributed by atoms with Gasteiger partial charge in [0, 0.05) is 18.7 Å². The highest BCUT2D eigenvalue weighted by molar-refractivity contribution is 7.81. The number of imidazole rings is 1. The predicted molar refractivity (Wildman–Crippen MR) is 101 cm³/mol. The standard InChI is InChI=1S/C17H19FN4O5S/c1-3-8-21-15-13(16(23)22(9-4-2)17(21)24)19-14(20-15)11-6-5-7-12(10-11)27-28(18,25)26/h5-7,10H,3-4,8-9H2,1-2H3,(H,19,20). The Morgan fingerprint density at radius 3 is 2.46 bits per heavy atom. The van der Waals surface area contributed by atoms with E-state index in [0.29, 0.717) is 24.9 Å². The first-order valence-corrected chi connectivity index (χ1v) is 10.0. The van der Waals surface area contributed by atoms with Crippen molar-refractivity contribution in [1.82, 2.24) is 19.1 Å². The van der Waals surface area contributed by atoms with E-state index in [9.17, 15) is 21.9 Å². The highest BCUT2D eigenvalue weighted by Gasteiger charge is 2.18. The second-order valence-electron chi connectivity index (χ2n) is 6.18. The van der Waals surface area contributed by atoms with Crippen LogP contribution in [0.5, 0.6) is 5.75 Å². The van der Waals surface area contributed by atoms with Crippen molar-refractivity contribution in [3.8, 4) is 17.1 Å². The molecule has 3 rings (SSSR count). The van der Waals surface area contributed by atoms with Gasteiger partial charge in [-0.3, -0.25) is 13.9 Å². The number of hydrogen-bond donors (Lipinski definition) is 1. The summed E-state index contributed by atoms with van der Waals surface area (Å²) in [6.45, 7) is 4.43. The fourth-order valence-corrected chi connectivity index (χ4v) is 3.29.